The van der Waals surface area contributed by atoms with Crippen molar-refractivity contribution in [2.45, 2.75) is 66.0 Å². The first-order valence-corrected chi connectivity index (χ1v) is 31.0. The highest BCUT2D eigenvalue weighted by molar-refractivity contribution is 9.11. The maximum Gasteiger partial charge on any atom is 0.291 e. The topological polar surface area (TPSA) is 237 Å². The zero-order chi connectivity index (χ0) is 65.9. The van der Waals surface area contributed by atoms with Gasteiger partial charge in [-0.05, 0) is 99.9 Å². The largest absolute Gasteiger partial charge is 0.490 e. The van der Waals surface area contributed by atoms with Crippen molar-refractivity contribution in [2.24, 2.45) is 0 Å². The molecule has 0 saturated heterocycles. The van der Waals surface area contributed by atoms with Gasteiger partial charge in [-0.1, -0.05) is 171 Å². The van der Waals surface area contributed by atoms with Gasteiger partial charge in [-0.15, -0.1) is 0 Å². The average molecular weight is 1410 g/mol. The Kier molecular flexibility index (Phi) is 21.8. The molecule has 0 bridgehead atoms. The van der Waals surface area contributed by atoms with E-state index < -0.39 is 29.3 Å². The van der Waals surface area contributed by atoms with E-state index in [1.165, 1.54) is 6.08 Å². The standard InChI is InChI=1S/3C18H17NO4.C15H7Br2Cl2NO3/c3*1-3-22-16-6-4-5-14-11-15(19(20)21)17(23-18(14)16)13-9-7-12(2)8-10-13;16-8-4-7-5-12(20(21)22)15(23-14(7)9(17)6-8)13-10(18)2-1-3-11(13)19/h3*4-11,17H,3H2,1-2H3;1-6,15H/t2*17-;;/m10../s1. The fourth-order valence-corrected chi connectivity index (χ4v) is 12.0. The fraction of sp³-hybridized carbons (Fsp3) is 0.188. The summed E-state index contributed by atoms with van der Waals surface area (Å²) in [5.41, 5.74) is 8.39. The number of ether oxygens (including phenoxy) is 7. The van der Waals surface area contributed by atoms with E-state index >= 15 is 0 Å². The number of nitrogens with zero attached hydrogens (tertiary/aromatic N) is 4. The molecule has 23 heteroatoms. The van der Waals surface area contributed by atoms with E-state index in [0.29, 0.717) is 102 Å². The zero-order valence-electron chi connectivity index (χ0n) is 50.2. The summed E-state index contributed by atoms with van der Waals surface area (Å²) in [5.74, 6) is 3.93. The van der Waals surface area contributed by atoms with E-state index in [-0.39, 0.29) is 37.6 Å². The number of benzene rings is 8. The predicted molar refractivity (Wildman–Crippen MR) is 358 cm³/mol. The minimum Gasteiger partial charge on any atom is -0.490 e. The third-order valence-electron chi connectivity index (χ3n) is 14.4. The molecule has 0 saturated carbocycles. The minimum absolute atomic E-state index is 0.0231. The molecule has 2 unspecified atom stereocenters. The van der Waals surface area contributed by atoms with E-state index in [0.717, 1.165) is 37.9 Å². The Morgan fingerprint density at radius 1 is 0.402 bits per heavy atom. The summed E-state index contributed by atoms with van der Waals surface area (Å²) in [4.78, 5) is 44.2. The van der Waals surface area contributed by atoms with Gasteiger partial charge in [0.25, 0.3) is 22.8 Å². The summed E-state index contributed by atoms with van der Waals surface area (Å²) in [6.07, 6.45) is 2.91. The summed E-state index contributed by atoms with van der Waals surface area (Å²) in [7, 11) is 0. The Morgan fingerprint density at radius 2 is 0.696 bits per heavy atom. The molecule has 472 valence electrons. The van der Waals surface area contributed by atoms with Crippen molar-refractivity contribution >= 4 is 79.4 Å². The molecule has 0 spiro atoms. The molecule has 0 fully saturated rings. The molecule has 19 nitrogen and oxygen atoms in total. The SMILES string of the molecule is CCOc1cccc2c1OC(c1ccc(C)cc1)C([N+](=O)[O-])=C2.CCOc1cccc2c1O[C@@H](c1ccc(C)cc1)C([N+](=O)[O-])=C2.CCOc1cccc2c1O[C@H](c1ccc(C)cc1)C([N+](=O)[O-])=C2.O=[N+]([O-])C1=Cc2cc(Br)cc(Br)c2OC1c1c(Cl)cccc1Cl. The number of para-hydroxylation sites is 3. The summed E-state index contributed by atoms with van der Waals surface area (Å²) in [6, 6.07) is 47.2. The Bertz CT molecular complexity index is 3900. The number of hydrogen-bond donors (Lipinski definition) is 0. The van der Waals surface area contributed by atoms with Gasteiger partial charge in [-0.25, -0.2) is 0 Å². The fourth-order valence-electron chi connectivity index (χ4n) is 10.1. The molecule has 8 aromatic carbocycles. The first-order chi connectivity index (χ1) is 44.2. The second-order valence-corrected chi connectivity index (χ2v) is 23.4. The van der Waals surface area contributed by atoms with Crippen LogP contribution in [0.1, 0.15) is 106 Å². The van der Waals surface area contributed by atoms with Crippen LogP contribution >= 0.6 is 55.1 Å². The van der Waals surface area contributed by atoms with Crippen LogP contribution < -0.4 is 33.2 Å². The van der Waals surface area contributed by atoms with Crippen molar-refractivity contribution in [3.8, 4) is 40.2 Å². The van der Waals surface area contributed by atoms with Gasteiger partial charge in [-0.3, -0.25) is 40.5 Å². The number of aryl methyl sites for hydroxylation is 3. The Labute approximate surface area is 555 Å². The number of fused-ring (bicyclic) bond motifs is 4. The highest BCUT2D eigenvalue weighted by Gasteiger charge is 2.39. The molecule has 4 atom stereocenters. The van der Waals surface area contributed by atoms with Crippen LogP contribution in [-0.2, 0) is 0 Å². The molecule has 92 heavy (non-hydrogen) atoms. The minimum atomic E-state index is -0.990. The van der Waals surface area contributed by atoms with Crippen LogP contribution in [0.2, 0.25) is 10.0 Å². The monoisotopic (exact) mass is 1410 g/mol. The van der Waals surface area contributed by atoms with Gasteiger partial charge < -0.3 is 33.2 Å². The number of halogens is 4. The molecular formula is C69H58Br2Cl2N4O15. The molecule has 12 rings (SSSR count). The van der Waals surface area contributed by atoms with Gasteiger partial charge in [-0.2, -0.15) is 0 Å². The van der Waals surface area contributed by atoms with Crippen LogP contribution in [0.25, 0.3) is 24.3 Å². The second kappa shape index (κ2) is 30.1. The first-order valence-electron chi connectivity index (χ1n) is 28.7. The molecule has 4 aliphatic rings. The van der Waals surface area contributed by atoms with Crippen molar-refractivity contribution in [1.82, 2.24) is 0 Å². The van der Waals surface area contributed by atoms with Crippen molar-refractivity contribution in [2.75, 3.05) is 19.8 Å². The van der Waals surface area contributed by atoms with Crippen LogP contribution in [0.3, 0.4) is 0 Å². The maximum atomic E-state index is 11.5. The van der Waals surface area contributed by atoms with Crippen LogP contribution in [0.15, 0.2) is 189 Å². The number of hydrogen-bond acceptors (Lipinski definition) is 15. The van der Waals surface area contributed by atoms with Gasteiger partial charge in [0.1, 0.15) is 5.75 Å². The summed E-state index contributed by atoms with van der Waals surface area (Å²) in [5, 5.41) is 46.5. The van der Waals surface area contributed by atoms with E-state index in [1.807, 2.05) is 114 Å². The van der Waals surface area contributed by atoms with Crippen LogP contribution in [-0.4, -0.2) is 39.5 Å². The highest BCUT2D eigenvalue weighted by Crippen LogP contribution is 2.48. The maximum absolute atomic E-state index is 11.5. The molecule has 0 amide bonds. The van der Waals surface area contributed by atoms with Crippen LogP contribution in [0.4, 0.5) is 0 Å². The molecular weight excluding hydrogens is 1360 g/mol. The molecule has 0 radical (unpaired) electrons. The molecule has 4 aliphatic heterocycles. The lowest BCUT2D eigenvalue weighted by Crippen LogP contribution is -2.20. The van der Waals surface area contributed by atoms with Gasteiger partial charge in [0.05, 0.1) is 44.0 Å². The Balaban J connectivity index is 0.000000145. The molecule has 8 aromatic rings. The highest BCUT2D eigenvalue weighted by atomic mass is 79.9. The predicted octanol–water partition coefficient (Wildman–Crippen LogP) is 18.7. The van der Waals surface area contributed by atoms with Crippen LogP contribution in [0.5, 0.6) is 40.2 Å². The van der Waals surface area contributed by atoms with Crippen LogP contribution in [0, 0.1) is 61.2 Å². The normalized spacial score (nSPS) is 16.2. The van der Waals surface area contributed by atoms with Crippen molar-refractivity contribution in [3.63, 3.8) is 0 Å². The second-order valence-electron chi connectivity index (χ2n) is 20.8. The van der Waals surface area contributed by atoms with Gasteiger partial charge >= 0.3 is 0 Å². The lowest BCUT2D eigenvalue weighted by Gasteiger charge is -2.25. The van der Waals surface area contributed by atoms with E-state index in [2.05, 4.69) is 31.9 Å². The third-order valence-corrected chi connectivity index (χ3v) is 16.1. The summed E-state index contributed by atoms with van der Waals surface area (Å²) in [6.45, 7) is 13.1. The quantitative estimate of drug-likeness (QED) is 0.0727. The Morgan fingerprint density at radius 3 is 1.01 bits per heavy atom. The lowest BCUT2D eigenvalue weighted by molar-refractivity contribution is -0.434. The summed E-state index contributed by atoms with van der Waals surface area (Å²) < 4.78 is 42.0. The van der Waals surface area contributed by atoms with Crippen molar-refractivity contribution in [1.29, 1.82) is 0 Å². The van der Waals surface area contributed by atoms with E-state index in [4.69, 9.17) is 56.4 Å². The molecule has 4 heterocycles. The van der Waals surface area contributed by atoms with Gasteiger partial charge in [0.15, 0.2) is 34.5 Å². The van der Waals surface area contributed by atoms with Gasteiger partial charge in [0, 0.05) is 83.3 Å². The lowest BCUT2D eigenvalue weighted by atomic mass is 10.00. The Hall–Kier alpha value is -9.54. The molecule has 0 N–H and O–H groups in total. The van der Waals surface area contributed by atoms with Gasteiger partial charge in [0.2, 0.25) is 24.4 Å². The van der Waals surface area contributed by atoms with Crippen molar-refractivity contribution < 1.29 is 52.9 Å². The first kappa shape index (κ1) is 66.9. The van der Waals surface area contributed by atoms with Crippen molar-refractivity contribution in [3.05, 3.63) is 301 Å². The average Bonchev–Trinajstić information content (AvgIpc) is 0.850. The summed E-state index contributed by atoms with van der Waals surface area (Å²) >= 11 is 19.1. The molecule has 0 aromatic heterocycles. The zero-order valence-corrected chi connectivity index (χ0v) is 54.9. The number of rotatable bonds is 14. The molecule has 0 aliphatic carbocycles. The van der Waals surface area contributed by atoms with E-state index in [9.17, 15) is 40.5 Å². The number of nitro groups is 4. The third kappa shape index (κ3) is 15.4. The smallest absolute Gasteiger partial charge is 0.291 e. The van der Waals surface area contributed by atoms with E-state index in [1.54, 1.807) is 103 Å².